The van der Waals surface area contributed by atoms with Gasteiger partial charge in [0.2, 0.25) is 0 Å². The molecule has 33 heavy (non-hydrogen) atoms. The highest BCUT2D eigenvalue weighted by Crippen LogP contribution is 2.41. The Morgan fingerprint density at radius 2 is 1.67 bits per heavy atom. The van der Waals surface area contributed by atoms with Gasteiger partial charge in [-0.3, -0.25) is 9.59 Å². The summed E-state index contributed by atoms with van der Waals surface area (Å²) in [6.07, 6.45) is 0.879. The molecule has 1 heterocycles. The van der Waals surface area contributed by atoms with Crippen molar-refractivity contribution >= 4 is 34.8 Å². The third-order valence-electron chi connectivity index (χ3n) is 5.47. The lowest BCUT2D eigenvalue weighted by atomic mass is 9.99. The maximum Gasteiger partial charge on any atom is 0.272 e. The van der Waals surface area contributed by atoms with Crippen molar-refractivity contribution in [2.75, 3.05) is 11.5 Å². The number of thioether (sulfide) groups is 1. The zero-order valence-electron chi connectivity index (χ0n) is 19.1. The molecule has 2 amide bonds. The minimum Gasteiger partial charge on any atom is -0.494 e. The van der Waals surface area contributed by atoms with Crippen LogP contribution in [-0.2, 0) is 15.3 Å². The second-order valence-corrected chi connectivity index (χ2v) is 9.07. The zero-order valence-corrected chi connectivity index (χ0v) is 19.9. The number of aryl methyl sites for hydroxylation is 2. The highest BCUT2D eigenvalue weighted by Gasteiger charge is 2.40. The molecule has 0 aliphatic carbocycles. The van der Waals surface area contributed by atoms with E-state index in [4.69, 9.17) is 4.74 Å². The van der Waals surface area contributed by atoms with E-state index in [1.807, 2.05) is 81.4 Å². The Labute approximate surface area is 199 Å². The van der Waals surface area contributed by atoms with Crippen molar-refractivity contribution in [1.82, 2.24) is 0 Å². The molecule has 5 heteroatoms. The molecule has 0 N–H and O–H groups in total. The third kappa shape index (κ3) is 4.88. The minimum atomic E-state index is -0.296. The molecule has 0 atom stereocenters. The molecule has 1 aliphatic heterocycles. The Morgan fingerprint density at radius 1 is 0.879 bits per heavy atom. The molecule has 1 aliphatic rings. The van der Waals surface area contributed by atoms with Gasteiger partial charge in [-0.1, -0.05) is 67.1 Å². The van der Waals surface area contributed by atoms with Crippen LogP contribution in [0.25, 0.3) is 5.57 Å². The molecule has 168 valence electrons. The normalized spacial score (nSPS) is 13.7. The van der Waals surface area contributed by atoms with Crippen LogP contribution < -0.4 is 9.64 Å². The molecule has 0 spiro atoms. The average molecular weight is 458 g/mol. The van der Waals surface area contributed by atoms with Gasteiger partial charge in [-0.2, -0.15) is 0 Å². The molecule has 3 aromatic rings. The van der Waals surface area contributed by atoms with Gasteiger partial charge >= 0.3 is 0 Å². The number of nitrogens with zero attached hydrogens (tertiary/aromatic N) is 1. The molecule has 0 unspecified atom stereocenters. The largest absolute Gasteiger partial charge is 0.494 e. The van der Waals surface area contributed by atoms with Crippen molar-refractivity contribution in [2.45, 2.75) is 32.9 Å². The van der Waals surface area contributed by atoms with E-state index in [0.29, 0.717) is 34.3 Å². The Balaban J connectivity index is 1.74. The summed E-state index contributed by atoms with van der Waals surface area (Å²) in [5.41, 5.74) is 4.99. The summed E-state index contributed by atoms with van der Waals surface area (Å²) in [5, 5.41) is 0. The minimum absolute atomic E-state index is 0.288. The van der Waals surface area contributed by atoms with Crippen LogP contribution in [0.3, 0.4) is 0 Å². The summed E-state index contributed by atoms with van der Waals surface area (Å²) in [6, 6.07) is 23.1. The molecule has 0 bridgehead atoms. The van der Waals surface area contributed by atoms with Gasteiger partial charge in [-0.15, -0.1) is 11.8 Å². The van der Waals surface area contributed by atoms with E-state index in [-0.39, 0.29) is 11.8 Å². The van der Waals surface area contributed by atoms with Crippen molar-refractivity contribution in [3.63, 3.8) is 0 Å². The van der Waals surface area contributed by atoms with Gasteiger partial charge in [0.1, 0.15) is 5.75 Å². The van der Waals surface area contributed by atoms with Crippen LogP contribution in [0, 0.1) is 13.8 Å². The van der Waals surface area contributed by atoms with E-state index >= 15 is 0 Å². The van der Waals surface area contributed by atoms with Crippen LogP contribution in [0.4, 0.5) is 5.69 Å². The van der Waals surface area contributed by atoms with Crippen molar-refractivity contribution in [3.05, 3.63) is 100.0 Å². The maximum absolute atomic E-state index is 13.7. The van der Waals surface area contributed by atoms with E-state index in [1.165, 1.54) is 16.7 Å². The van der Waals surface area contributed by atoms with Gasteiger partial charge in [0.15, 0.2) is 0 Å². The first-order valence-corrected chi connectivity index (χ1v) is 12.1. The van der Waals surface area contributed by atoms with Crippen molar-refractivity contribution in [3.8, 4) is 5.75 Å². The van der Waals surface area contributed by atoms with Crippen LogP contribution in [0.5, 0.6) is 5.75 Å². The van der Waals surface area contributed by atoms with Gasteiger partial charge in [0, 0.05) is 11.8 Å². The van der Waals surface area contributed by atoms with Crippen LogP contribution in [0.1, 0.15) is 35.6 Å². The van der Waals surface area contributed by atoms with Crippen LogP contribution in [0.2, 0.25) is 0 Å². The lowest BCUT2D eigenvalue weighted by Gasteiger charge is -2.17. The highest BCUT2D eigenvalue weighted by molar-refractivity contribution is 8.03. The smallest absolute Gasteiger partial charge is 0.272 e. The van der Waals surface area contributed by atoms with E-state index in [9.17, 15) is 9.59 Å². The summed E-state index contributed by atoms with van der Waals surface area (Å²) in [5.74, 6) is 0.670. The third-order valence-corrected chi connectivity index (χ3v) is 6.61. The number of rotatable bonds is 8. The molecular weight excluding hydrogens is 430 g/mol. The number of benzene rings is 3. The molecule has 0 saturated heterocycles. The van der Waals surface area contributed by atoms with Crippen molar-refractivity contribution in [1.29, 1.82) is 0 Å². The molecular formula is C28H27NO3S. The maximum atomic E-state index is 13.7. The predicted molar refractivity (Wildman–Crippen MR) is 135 cm³/mol. The number of hydrogen-bond acceptors (Lipinski definition) is 4. The van der Waals surface area contributed by atoms with Crippen LogP contribution in [-0.4, -0.2) is 18.4 Å². The topological polar surface area (TPSA) is 46.6 Å². The van der Waals surface area contributed by atoms with E-state index in [2.05, 4.69) is 0 Å². The molecule has 4 rings (SSSR count). The standard InChI is InChI=1S/C28H27NO3S/c1-4-15-32-23-12-8-11-22(17-23)29-27(30)25(24-14-13-19(2)16-20(24)3)26(28(29)31)33-18-21-9-6-5-7-10-21/h5-14,16-17H,4,15,18H2,1-3H3. The van der Waals surface area contributed by atoms with Crippen molar-refractivity contribution in [2.24, 2.45) is 0 Å². The Morgan fingerprint density at radius 3 is 2.39 bits per heavy atom. The molecule has 0 saturated carbocycles. The first-order chi connectivity index (χ1) is 16.0. The van der Waals surface area contributed by atoms with E-state index in [1.54, 1.807) is 12.1 Å². The van der Waals surface area contributed by atoms with Gasteiger partial charge < -0.3 is 4.74 Å². The number of anilines is 1. The number of amides is 2. The fourth-order valence-corrected chi connectivity index (χ4v) is 4.93. The molecule has 0 aromatic heterocycles. The highest BCUT2D eigenvalue weighted by atomic mass is 32.2. The number of carbonyl (C=O) groups is 2. The van der Waals surface area contributed by atoms with E-state index in [0.717, 1.165) is 28.7 Å². The molecule has 4 nitrogen and oxygen atoms in total. The summed E-state index contributed by atoms with van der Waals surface area (Å²) >= 11 is 1.42. The van der Waals surface area contributed by atoms with Crippen molar-refractivity contribution < 1.29 is 14.3 Å². The number of carbonyl (C=O) groups excluding carboxylic acids is 2. The molecule has 0 radical (unpaired) electrons. The monoisotopic (exact) mass is 457 g/mol. The van der Waals surface area contributed by atoms with Crippen LogP contribution >= 0.6 is 11.8 Å². The Kier molecular flexibility index (Phi) is 6.99. The number of imide groups is 1. The fraction of sp³-hybridized carbons (Fsp3) is 0.214. The second-order valence-electron chi connectivity index (χ2n) is 8.09. The first-order valence-electron chi connectivity index (χ1n) is 11.1. The first kappa shape index (κ1) is 22.9. The molecule has 0 fully saturated rings. The Bertz CT molecular complexity index is 1220. The fourth-order valence-electron chi connectivity index (χ4n) is 3.87. The summed E-state index contributed by atoms with van der Waals surface area (Å²) < 4.78 is 5.73. The molecule has 3 aromatic carbocycles. The summed E-state index contributed by atoms with van der Waals surface area (Å²) in [7, 11) is 0. The Hall–Kier alpha value is -3.31. The van der Waals surface area contributed by atoms with Gasteiger partial charge in [-0.05, 0) is 49.1 Å². The van der Waals surface area contributed by atoms with Gasteiger partial charge in [0.05, 0.1) is 22.8 Å². The van der Waals surface area contributed by atoms with Gasteiger partial charge in [0.25, 0.3) is 11.8 Å². The number of ether oxygens (including phenoxy) is 1. The van der Waals surface area contributed by atoms with E-state index < -0.39 is 0 Å². The summed E-state index contributed by atoms with van der Waals surface area (Å²) in [4.78, 5) is 29.1. The van der Waals surface area contributed by atoms with Gasteiger partial charge in [-0.25, -0.2) is 4.90 Å². The SMILES string of the molecule is CCCOc1cccc(N2C(=O)C(SCc3ccccc3)=C(c3ccc(C)cc3C)C2=O)c1. The zero-order chi connectivity index (χ0) is 23.4. The average Bonchev–Trinajstić information content (AvgIpc) is 3.06. The number of hydrogen-bond donors (Lipinski definition) is 0. The quantitative estimate of drug-likeness (QED) is 0.372. The predicted octanol–water partition coefficient (Wildman–Crippen LogP) is 6.31. The summed E-state index contributed by atoms with van der Waals surface area (Å²) in [6.45, 7) is 6.61. The van der Waals surface area contributed by atoms with Crippen LogP contribution in [0.15, 0.2) is 77.7 Å². The second kappa shape index (κ2) is 10.1. The lowest BCUT2D eigenvalue weighted by Crippen LogP contribution is -2.31. The lowest BCUT2D eigenvalue weighted by molar-refractivity contribution is -0.119.